The van der Waals surface area contributed by atoms with Gasteiger partial charge in [-0.15, -0.1) is 0 Å². The lowest BCUT2D eigenvalue weighted by molar-refractivity contribution is 0.575. The van der Waals surface area contributed by atoms with E-state index in [0.717, 1.165) is 5.69 Å². The molecule has 0 bridgehead atoms. The Balaban J connectivity index is 2.01. The predicted octanol–water partition coefficient (Wildman–Crippen LogP) is 2.68. The molecule has 0 spiro atoms. The Hall–Kier alpha value is -1.88. The van der Waals surface area contributed by atoms with Crippen LogP contribution in [-0.2, 0) is 0 Å². The number of nitrogens with two attached hydrogens (primary N) is 1. The van der Waals surface area contributed by atoms with Crippen LogP contribution in [0.25, 0.3) is 11.6 Å². The molecule has 1 fully saturated rings. The maximum atomic E-state index is 5.47. The van der Waals surface area contributed by atoms with Crippen LogP contribution in [0.4, 0.5) is 5.82 Å². The second-order valence-electron chi connectivity index (χ2n) is 4.60. The molecule has 1 saturated carbocycles. The van der Waals surface area contributed by atoms with Crippen LogP contribution >= 0.6 is 0 Å². The highest BCUT2D eigenvalue weighted by molar-refractivity contribution is 5.51. The van der Waals surface area contributed by atoms with Crippen LogP contribution in [0.5, 0.6) is 0 Å². The van der Waals surface area contributed by atoms with E-state index in [2.05, 4.69) is 15.4 Å². The molecule has 1 aliphatic carbocycles. The molecular weight excluding hydrogens is 228 g/mol. The number of nitrogen functional groups attached to an aromatic ring is 1. The van der Waals surface area contributed by atoms with Crippen molar-refractivity contribution in [3.05, 3.63) is 30.2 Å². The third kappa shape index (κ3) is 2.09. The number of hydrogen-bond acceptors (Lipinski definition) is 5. The Morgan fingerprint density at radius 1 is 1.28 bits per heavy atom. The maximum Gasteiger partial charge on any atom is 0.197 e. The molecule has 0 radical (unpaired) electrons. The minimum absolute atomic E-state index is 0.522. The van der Waals surface area contributed by atoms with Crippen molar-refractivity contribution in [2.45, 2.75) is 31.6 Å². The predicted molar refractivity (Wildman–Crippen MR) is 68.8 cm³/mol. The number of nitrogens with zero attached hydrogens (tertiary/aromatic N) is 2. The Morgan fingerprint density at radius 2 is 2.11 bits per heavy atom. The minimum atomic E-state index is 0.522. The molecule has 0 amide bonds. The lowest BCUT2D eigenvalue weighted by atomic mass is 10.0. The van der Waals surface area contributed by atoms with E-state index in [1.54, 1.807) is 6.26 Å². The number of aromatic nitrogens is 2. The largest absolute Gasteiger partial charge is 0.461 e. The summed E-state index contributed by atoms with van der Waals surface area (Å²) in [5.74, 6) is 7.90. The van der Waals surface area contributed by atoms with E-state index in [1.807, 2.05) is 18.2 Å². The van der Waals surface area contributed by atoms with E-state index in [4.69, 9.17) is 10.3 Å². The third-order valence-electron chi connectivity index (χ3n) is 3.41. The topological polar surface area (TPSA) is 77.0 Å². The fraction of sp³-hybridized carbons (Fsp3) is 0.385. The summed E-state index contributed by atoms with van der Waals surface area (Å²) in [7, 11) is 0. The summed E-state index contributed by atoms with van der Waals surface area (Å²) in [6, 6.07) is 5.62. The number of furan rings is 1. The zero-order valence-electron chi connectivity index (χ0n) is 10.1. The van der Waals surface area contributed by atoms with E-state index in [1.165, 1.54) is 25.7 Å². The van der Waals surface area contributed by atoms with Gasteiger partial charge in [0.1, 0.15) is 5.82 Å². The normalized spacial score (nSPS) is 16.1. The molecule has 0 aliphatic heterocycles. The molecule has 5 heteroatoms. The number of hydrazine groups is 1. The van der Waals surface area contributed by atoms with Gasteiger partial charge in [-0.25, -0.2) is 15.8 Å². The summed E-state index contributed by atoms with van der Waals surface area (Å²) < 4.78 is 5.34. The summed E-state index contributed by atoms with van der Waals surface area (Å²) in [5.41, 5.74) is 3.66. The Bertz CT molecular complexity index is 518. The molecule has 3 N–H and O–H groups in total. The Kier molecular flexibility index (Phi) is 2.98. The van der Waals surface area contributed by atoms with Gasteiger partial charge in [0, 0.05) is 17.7 Å². The molecule has 94 valence electrons. The molecule has 3 rings (SSSR count). The van der Waals surface area contributed by atoms with Crippen LogP contribution in [0.3, 0.4) is 0 Å². The number of anilines is 1. The molecule has 5 nitrogen and oxygen atoms in total. The van der Waals surface area contributed by atoms with Crippen molar-refractivity contribution in [3.63, 3.8) is 0 Å². The average Bonchev–Trinajstić information content (AvgIpc) is 3.10. The van der Waals surface area contributed by atoms with Crippen molar-refractivity contribution in [2.75, 3.05) is 5.43 Å². The molecule has 0 aromatic carbocycles. The molecule has 2 aromatic rings. The first-order chi connectivity index (χ1) is 8.86. The number of rotatable bonds is 3. The fourth-order valence-electron chi connectivity index (χ4n) is 2.49. The van der Waals surface area contributed by atoms with Crippen LogP contribution in [0, 0.1) is 0 Å². The minimum Gasteiger partial charge on any atom is -0.461 e. The van der Waals surface area contributed by atoms with Crippen molar-refractivity contribution in [1.82, 2.24) is 9.97 Å². The molecule has 2 heterocycles. The summed E-state index contributed by atoms with van der Waals surface area (Å²) in [6.07, 6.45) is 6.56. The highest BCUT2D eigenvalue weighted by Gasteiger charge is 2.20. The van der Waals surface area contributed by atoms with Crippen LogP contribution in [0.2, 0.25) is 0 Å². The Morgan fingerprint density at radius 3 is 2.78 bits per heavy atom. The molecule has 0 atom stereocenters. The summed E-state index contributed by atoms with van der Waals surface area (Å²) in [5, 5.41) is 0. The molecular formula is C13H16N4O. The van der Waals surface area contributed by atoms with Crippen molar-refractivity contribution < 1.29 is 4.42 Å². The third-order valence-corrected chi connectivity index (χ3v) is 3.41. The Labute approximate surface area is 105 Å². The first-order valence-corrected chi connectivity index (χ1v) is 6.26. The molecule has 0 unspecified atom stereocenters. The van der Waals surface area contributed by atoms with Crippen LogP contribution in [0.15, 0.2) is 28.9 Å². The first kappa shape index (κ1) is 11.2. The van der Waals surface area contributed by atoms with E-state index in [-0.39, 0.29) is 0 Å². The van der Waals surface area contributed by atoms with E-state index in [9.17, 15) is 0 Å². The molecule has 1 aliphatic rings. The molecule has 0 saturated heterocycles. The highest BCUT2D eigenvalue weighted by Crippen LogP contribution is 2.34. The van der Waals surface area contributed by atoms with Gasteiger partial charge in [0.15, 0.2) is 11.6 Å². The van der Waals surface area contributed by atoms with Gasteiger partial charge in [0.05, 0.1) is 6.26 Å². The van der Waals surface area contributed by atoms with Gasteiger partial charge in [0.25, 0.3) is 0 Å². The average molecular weight is 244 g/mol. The standard InChI is InChI=1S/C13H16N4O/c14-17-12-8-10(9-4-1-2-5-9)15-13(16-12)11-6-3-7-18-11/h3,6-9H,1-2,4-5,14H2,(H,15,16,17). The second kappa shape index (κ2) is 4.78. The molecule has 2 aromatic heterocycles. The van der Waals surface area contributed by atoms with Crippen molar-refractivity contribution >= 4 is 5.82 Å². The second-order valence-corrected chi connectivity index (χ2v) is 4.60. The first-order valence-electron chi connectivity index (χ1n) is 6.26. The smallest absolute Gasteiger partial charge is 0.197 e. The van der Waals surface area contributed by atoms with Crippen LogP contribution < -0.4 is 11.3 Å². The van der Waals surface area contributed by atoms with E-state index >= 15 is 0 Å². The lowest BCUT2D eigenvalue weighted by Crippen LogP contribution is -2.11. The highest BCUT2D eigenvalue weighted by atomic mass is 16.3. The van der Waals surface area contributed by atoms with E-state index < -0.39 is 0 Å². The zero-order valence-corrected chi connectivity index (χ0v) is 10.1. The van der Waals surface area contributed by atoms with Gasteiger partial charge in [-0.1, -0.05) is 12.8 Å². The number of hydrogen-bond donors (Lipinski definition) is 2. The van der Waals surface area contributed by atoms with Crippen molar-refractivity contribution in [3.8, 4) is 11.6 Å². The summed E-state index contributed by atoms with van der Waals surface area (Å²) in [4.78, 5) is 8.93. The lowest BCUT2D eigenvalue weighted by Gasteiger charge is -2.11. The van der Waals surface area contributed by atoms with Gasteiger partial charge in [0.2, 0.25) is 0 Å². The molecule has 18 heavy (non-hydrogen) atoms. The van der Waals surface area contributed by atoms with Crippen LogP contribution in [-0.4, -0.2) is 9.97 Å². The van der Waals surface area contributed by atoms with Gasteiger partial charge in [-0.2, -0.15) is 0 Å². The maximum absolute atomic E-state index is 5.47. The zero-order chi connectivity index (χ0) is 12.4. The van der Waals surface area contributed by atoms with Crippen molar-refractivity contribution in [1.29, 1.82) is 0 Å². The van der Waals surface area contributed by atoms with E-state index in [0.29, 0.717) is 23.3 Å². The van der Waals surface area contributed by atoms with Gasteiger partial charge >= 0.3 is 0 Å². The SMILES string of the molecule is NNc1cc(C2CCCC2)nc(-c2ccco2)n1. The van der Waals surface area contributed by atoms with Gasteiger partial charge in [-0.3, -0.25) is 0 Å². The number of nitrogens with one attached hydrogen (secondary N) is 1. The summed E-state index contributed by atoms with van der Waals surface area (Å²) in [6.45, 7) is 0. The van der Waals surface area contributed by atoms with Gasteiger partial charge in [-0.05, 0) is 25.0 Å². The van der Waals surface area contributed by atoms with Gasteiger partial charge < -0.3 is 9.84 Å². The summed E-state index contributed by atoms with van der Waals surface area (Å²) >= 11 is 0. The van der Waals surface area contributed by atoms with Crippen LogP contribution in [0.1, 0.15) is 37.3 Å². The van der Waals surface area contributed by atoms with Crippen molar-refractivity contribution in [2.24, 2.45) is 5.84 Å². The quantitative estimate of drug-likeness (QED) is 0.641. The monoisotopic (exact) mass is 244 g/mol. The fourth-order valence-corrected chi connectivity index (χ4v) is 2.49.